The van der Waals surface area contributed by atoms with Crippen LogP contribution in [-0.2, 0) is 12.8 Å². The quantitative estimate of drug-likeness (QED) is 0.842. The lowest BCUT2D eigenvalue weighted by Gasteiger charge is -2.42. The minimum atomic E-state index is 0.666. The summed E-state index contributed by atoms with van der Waals surface area (Å²) in [6, 6.07) is 2.91. The van der Waals surface area contributed by atoms with E-state index in [1.54, 1.807) is 5.56 Å². The molecular weight excluding hydrogens is 234 g/mol. The topological polar surface area (TPSA) is 28.2 Å². The van der Waals surface area contributed by atoms with E-state index in [0.717, 1.165) is 19.6 Å². The van der Waals surface area contributed by atoms with Gasteiger partial charge in [0.2, 0.25) is 0 Å². The Labute approximate surface area is 116 Å². The van der Waals surface area contributed by atoms with Crippen LogP contribution in [0.1, 0.15) is 43.7 Å². The van der Waals surface area contributed by atoms with E-state index in [1.807, 2.05) is 6.20 Å². The average molecular weight is 259 g/mol. The molecule has 1 N–H and O–H groups in total. The zero-order chi connectivity index (χ0) is 13.1. The van der Waals surface area contributed by atoms with Crippen LogP contribution in [0, 0.1) is 0 Å². The second kappa shape index (κ2) is 5.91. The van der Waals surface area contributed by atoms with Crippen molar-refractivity contribution in [2.75, 3.05) is 24.5 Å². The van der Waals surface area contributed by atoms with Crippen LogP contribution in [0.25, 0.3) is 0 Å². The Balaban J connectivity index is 1.82. The van der Waals surface area contributed by atoms with E-state index in [2.05, 4.69) is 23.2 Å². The fraction of sp³-hybridized carbons (Fsp3) is 0.688. The third-order valence-electron chi connectivity index (χ3n) is 4.53. The number of rotatable bonds is 4. The number of piperazine rings is 1. The molecule has 3 heterocycles. The van der Waals surface area contributed by atoms with Gasteiger partial charge in [-0.25, -0.2) is 4.98 Å². The van der Waals surface area contributed by atoms with Crippen LogP contribution in [0.3, 0.4) is 0 Å². The number of unbranched alkanes of at least 4 members (excludes halogenated alkanes) is 2. The molecule has 2 aliphatic rings. The summed E-state index contributed by atoms with van der Waals surface area (Å²) in [4.78, 5) is 7.23. The molecule has 0 spiro atoms. The molecule has 2 aliphatic heterocycles. The molecule has 0 aliphatic carbocycles. The Morgan fingerprint density at radius 2 is 2.37 bits per heavy atom. The van der Waals surface area contributed by atoms with Crippen LogP contribution >= 0.6 is 0 Å². The highest BCUT2D eigenvalue weighted by Crippen LogP contribution is 2.32. The van der Waals surface area contributed by atoms with Gasteiger partial charge >= 0.3 is 0 Å². The second-order valence-corrected chi connectivity index (χ2v) is 5.82. The third-order valence-corrected chi connectivity index (χ3v) is 4.53. The first-order valence-electron chi connectivity index (χ1n) is 7.84. The maximum absolute atomic E-state index is 4.69. The van der Waals surface area contributed by atoms with Gasteiger partial charge in [0, 0.05) is 31.9 Å². The minimum Gasteiger partial charge on any atom is -0.351 e. The van der Waals surface area contributed by atoms with Crippen LogP contribution < -0.4 is 10.2 Å². The van der Waals surface area contributed by atoms with E-state index in [9.17, 15) is 0 Å². The highest BCUT2D eigenvalue weighted by atomic mass is 15.3. The fourth-order valence-corrected chi connectivity index (χ4v) is 3.45. The van der Waals surface area contributed by atoms with E-state index in [4.69, 9.17) is 4.98 Å². The summed E-state index contributed by atoms with van der Waals surface area (Å²) in [5, 5.41) is 3.50. The lowest BCUT2D eigenvalue weighted by molar-refractivity contribution is 0.434. The average Bonchev–Trinajstić information content (AvgIpc) is 2.47. The summed E-state index contributed by atoms with van der Waals surface area (Å²) in [7, 11) is 0. The molecule has 104 valence electrons. The van der Waals surface area contributed by atoms with Crippen LogP contribution in [0.15, 0.2) is 12.3 Å². The van der Waals surface area contributed by atoms with Crippen molar-refractivity contribution in [2.24, 2.45) is 0 Å². The molecule has 0 radical (unpaired) electrons. The number of fused-ring (bicyclic) bond motifs is 3. The summed E-state index contributed by atoms with van der Waals surface area (Å²) < 4.78 is 0. The lowest BCUT2D eigenvalue weighted by Crippen LogP contribution is -2.53. The Morgan fingerprint density at radius 1 is 1.42 bits per heavy atom. The summed E-state index contributed by atoms with van der Waals surface area (Å²) >= 11 is 0. The van der Waals surface area contributed by atoms with E-state index < -0.39 is 0 Å². The van der Waals surface area contributed by atoms with Crippen LogP contribution in [0.2, 0.25) is 0 Å². The van der Waals surface area contributed by atoms with Crippen molar-refractivity contribution in [2.45, 2.75) is 51.5 Å². The van der Waals surface area contributed by atoms with Gasteiger partial charge in [-0.2, -0.15) is 0 Å². The SMILES string of the molecule is CCCCCc1ccnc2c1CCC1CNCCN21. The standard InChI is InChI=1S/C16H25N3/c1-2-3-4-5-13-8-9-18-16-15(13)7-6-14-12-17-10-11-19(14)16/h8-9,14,17H,2-7,10-12H2,1H3. The van der Waals surface area contributed by atoms with E-state index in [0.29, 0.717) is 6.04 Å². The third kappa shape index (κ3) is 2.62. The van der Waals surface area contributed by atoms with E-state index in [1.165, 1.54) is 49.9 Å². The van der Waals surface area contributed by atoms with E-state index in [-0.39, 0.29) is 0 Å². The molecule has 1 saturated heterocycles. The molecule has 1 fully saturated rings. The fourth-order valence-electron chi connectivity index (χ4n) is 3.45. The number of nitrogens with zero attached hydrogens (tertiary/aromatic N) is 2. The van der Waals surface area contributed by atoms with Crippen molar-refractivity contribution in [3.63, 3.8) is 0 Å². The highest BCUT2D eigenvalue weighted by Gasteiger charge is 2.30. The lowest BCUT2D eigenvalue weighted by atomic mass is 9.92. The largest absolute Gasteiger partial charge is 0.351 e. The molecule has 3 rings (SSSR count). The van der Waals surface area contributed by atoms with Crippen LogP contribution in [0.5, 0.6) is 0 Å². The maximum atomic E-state index is 4.69. The molecule has 0 saturated carbocycles. The number of aromatic nitrogens is 1. The van der Waals surface area contributed by atoms with Gasteiger partial charge in [0.25, 0.3) is 0 Å². The monoisotopic (exact) mass is 259 g/mol. The zero-order valence-corrected chi connectivity index (χ0v) is 12.0. The number of hydrogen-bond donors (Lipinski definition) is 1. The van der Waals surface area contributed by atoms with Crippen molar-refractivity contribution in [3.8, 4) is 0 Å². The van der Waals surface area contributed by atoms with E-state index >= 15 is 0 Å². The van der Waals surface area contributed by atoms with Crippen LogP contribution in [0.4, 0.5) is 5.82 Å². The number of pyridine rings is 1. The van der Waals surface area contributed by atoms with Crippen LogP contribution in [-0.4, -0.2) is 30.7 Å². The highest BCUT2D eigenvalue weighted by molar-refractivity contribution is 5.54. The molecule has 0 bridgehead atoms. The molecule has 1 atom stereocenters. The molecule has 1 aromatic rings. The Bertz CT molecular complexity index is 430. The van der Waals surface area contributed by atoms with Gasteiger partial charge in [-0.3, -0.25) is 0 Å². The van der Waals surface area contributed by atoms with Gasteiger partial charge in [-0.05, 0) is 42.9 Å². The summed E-state index contributed by atoms with van der Waals surface area (Å²) in [5.74, 6) is 1.28. The number of nitrogens with one attached hydrogen (secondary N) is 1. The molecule has 1 aromatic heterocycles. The molecule has 19 heavy (non-hydrogen) atoms. The number of anilines is 1. The Morgan fingerprint density at radius 3 is 3.26 bits per heavy atom. The Kier molecular flexibility index (Phi) is 4.02. The summed E-state index contributed by atoms with van der Waals surface area (Å²) in [6.45, 7) is 5.61. The molecular formula is C16H25N3. The summed E-state index contributed by atoms with van der Waals surface area (Å²) in [6.07, 6.45) is 9.71. The first-order chi connectivity index (χ1) is 9.40. The van der Waals surface area contributed by atoms with Gasteiger partial charge in [0.15, 0.2) is 0 Å². The molecule has 0 amide bonds. The van der Waals surface area contributed by atoms with Gasteiger partial charge in [0.05, 0.1) is 0 Å². The Hall–Kier alpha value is -1.09. The molecule has 1 unspecified atom stereocenters. The molecule has 3 heteroatoms. The number of hydrogen-bond acceptors (Lipinski definition) is 3. The predicted molar refractivity (Wildman–Crippen MR) is 79.8 cm³/mol. The predicted octanol–water partition coefficient (Wildman–Crippen LogP) is 2.54. The van der Waals surface area contributed by atoms with Gasteiger partial charge in [-0.1, -0.05) is 19.8 Å². The van der Waals surface area contributed by atoms with Crippen molar-refractivity contribution < 1.29 is 0 Å². The van der Waals surface area contributed by atoms with Gasteiger partial charge < -0.3 is 10.2 Å². The number of aryl methyl sites for hydroxylation is 1. The van der Waals surface area contributed by atoms with Crippen molar-refractivity contribution >= 4 is 5.82 Å². The van der Waals surface area contributed by atoms with Crippen molar-refractivity contribution in [1.82, 2.24) is 10.3 Å². The minimum absolute atomic E-state index is 0.666. The van der Waals surface area contributed by atoms with Crippen molar-refractivity contribution in [1.29, 1.82) is 0 Å². The zero-order valence-electron chi connectivity index (χ0n) is 12.0. The second-order valence-electron chi connectivity index (χ2n) is 5.82. The summed E-state index contributed by atoms with van der Waals surface area (Å²) in [5.41, 5.74) is 3.09. The maximum Gasteiger partial charge on any atom is 0.132 e. The molecule has 3 nitrogen and oxygen atoms in total. The molecule has 0 aromatic carbocycles. The van der Waals surface area contributed by atoms with Gasteiger partial charge in [-0.15, -0.1) is 0 Å². The van der Waals surface area contributed by atoms with Crippen molar-refractivity contribution in [3.05, 3.63) is 23.4 Å². The first-order valence-corrected chi connectivity index (χ1v) is 7.84. The van der Waals surface area contributed by atoms with Gasteiger partial charge in [0.1, 0.15) is 5.82 Å². The first kappa shape index (κ1) is 12.9. The smallest absolute Gasteiger partial charge is 0.132 e. The normalized spacial score (nSPS) is 21.9.